The second-order valence-corrected chi connectivity index (χ2v) is 3.63. The lowest BCUT2D eigenvalue weighted by Crippen LogP contribution is -1.95. The van der Waals surface area contributed by atoms with Crippen LogP contribution in [0.1, 0.15) is 30.5 Å². The lowest BCUT2D eigenvalue weighted by Gasteiger charge is -2.04. The molecule has 2 aromatic rings. The fraction of sp³-hybridized carbons (Fsp3) is 0.267. The molecule has 0 aliphatic carbocycles. The second-order valence-electron chi connectivity index (χ2n) is 3.63. The van der Waals surface area contributed by atoms with Gasteiger partial charge in [0.25, 0.3) is 0 Å². The molecule has 2 rings (SSSR count). The van der Waals surface area contributed by atoms with Gasteiger partial charge in [-0.05, 0) is 22.8 Å². The first kappa shape index (κ1) is 14.3. The normalized spacial score (nSPS) is 9.56. The van der Waals surface area contributed by atoms with Crippen LogP contribution in [-0.2, 0) is 13.0 Å². The Labute approximate surface area is 107 Å². The van der Waals surface area contributed by atoms with Crippen molar-refractivity contribution in [3.05, 3.63) is 65.2 Å². The minimum atomic E-state index is -0.211. The summed E-state index contributed by atoms with van der Waals surface area (Å²) in [5.41, 5.74) is 2.28. The van der Waals surface area contributed by atoms with E-state index in [0.29, 0.717) is 12.0 Å². The van der Waals surface area contributed by atoms with Crippen LogP contribution in [0.25, 0.3) is 0 Å². The van der Waals surface area contributed by atoms with E-state index in [4.69, 9.17) is 5.11 Å². The monoisotopic (exact) mass is 247 g/mol. The highest BCUT2D eigenvalue weighted by atomic mass is 19.1. The third kappa shape index (κ3) is 3.93. The van der Waals surface area contributed by atoms with Crippen molar-refractivity contribution >= 4 is 0 Å². The Kier molecular flexibility index (Phi) is 6.01. The molecule has 0 unspecified atom stereocenters. The SMILES string of the molecule is CC.OCc1cncc(Cc2ccccc2F)c1. The molecule has 0 radical (unpaired) electrons. The minimum Gasteiger partial charge on any atom is -0.392 e. The van der Waals surface area contributed by atoms with Crippen LogP contribution >= 0.6 is 0 Å². The highest BCUT2D eigenvalue weighted by Gasteiger charge is 2.03. The third-order valence-electron chi connectivity index (χ3n) is 2.39. The number of rotatable bonds is 3. The number of benzene rings is 1. The highest BCUT2D eigenvalue weighted by molar-refractivity contribution is 5.27. The van der Waals surface area contributed by atoms with Crippen molar-refractivity contribution < 1.29 is 9.50 Å². The molecule has 3 heteroatoms. The number of halogens is 1. The van der Waals surface area contributed by atoms with Crippen LogP contribution in [0, 0.1) is 5.82 Å². The summed E-state index contributed by atoms with van der Waals surface area (Å²) < 4.78 is 13.4. The molecule has 1 heterocycles. The molecular formula is C15H18FNO. The molecule has 2 nitrogen and oxygen atoms in total. The van der Waals surface area contributed by atoms with Gasteiger partial charge < -0.3 is 5.11 Å². The number of aliphatic hydroxyl groups is 1. The summed E-state index contributed by atoms with van der Waals surface area (Å²) in [4.78, 5) is 4.00. The number of aliphatic hydroxyl groups excluding tert-OH is 1. The van der Waals surface area contributed by atoms with Crippen molar-refractivity contribution in [3.8, 4) is 0 Å². The molecule has 0 spiro atoms. The van der Waals surface area contributed by atoms with Gasteiger partial charge in [-0.3, -0.25) is 4.98 Å². The van der Waals surface area contributed by atoms with Crippen molar-refractivity contribution in [2.45, 2.75) is 26.9 Å². The Bertz CT molecular complexity index is 485. The van der Waals surface area contributed by atoms with E-state index in [-0.39, 0.29) is 12.4 Å². The van der Waals surface area contributed by atoms with E-state index in [9.17, 15) is 4.39 Å². The summed E-state index contributed by atoms with van der Waals surface area (Å²) in [5.74, 6) is -0.211. The summed E-state index contributed by atoms with van der Waals surface area (Å²) in [6, 6.07) is 8.50. The fourth-order valence-electron chi connectivity index (χ4n) is 1.59. The summed E-state index contributed by atoms with van der Waals surface area (Å²) in [5, 5.41) is 8.97. The molecule has 0 atom stereocenters. The molecule has 0 aliphatic heterocycles. The summed E-state index contributed by atoms with van der Waals surface area (Å²) >= 11 is 0. The minimum absolute atomic E-state index is 0.0435. The molecule has 0 amide bonds. The predicted molar refractivity (Wildman–Crippen MR) is 70.7 cm³/mol. The number of hydrogen-bond acceptors (Lipinski definition) is 2. The van der Waals surface area contributed by atoms with Crippen molar-refractivity contribution in [1.29, 1.82) is 0 Å². The molecule has 1 aromatic heterocycles. The zero-order valence-corrected chi connectivity index (χ0v) is 10.7. The van der Waals surface area contributed by atoms with Gasteiger partial charge in [-0.1, -0.05) is 38.1 Å². The standard InChI is InChI=1S/C13H12FNO.C2H6/c14-13-4-2-1-3-12(13)6-10-5-11(9-16)8-15-7-10;1-2/h1-5,7-8,16H,6,9H2;1-2H3. The predicted octanol–water partition coefficient (Wildman–Crippen LogP) is 3.33. The lowest BCUT2D eigenvalue weighted by atomic mass is 10.1. The van der Waals surface area contributed by atoms with E-state index in [1.165, 1.54) is 6.07 Å². The molecule has 18 heavy (non-hydrogen) atoms. The average molecular weight is 247 g/mol. The van der Waals surface area contributed by atoms with Crippen molar-refractivity contribution in [2.75, 3.05) is 0 Å². The number of aromatic nitrogens is 1. The van der Waals surface area contributed by atoms with E-state index in [0.717, 1.165) is 11.1 Å². The number of pyridine rings is 1. The zero-order chi connectivity index (χ0) is 13.4. The van der Waals surface area contributed by atoms with E-state index in [1.807, 2.05) is 26.0 Å². The first-order chi connectivity index (χ1) is 8.79. The summed E-state index contributed by atoms with van der Waals surface area (Å²) in [6.07, 6.45) is 3.78. The van der Waals surface area contributed by atoms with Crippen LogP contribution < -0.4 is 0 Å². The lowest BCUT2D eigenvalue weighted by molar-refractivity contribution is 0.281. The maximum atomic E-state index is 13.4. The van der Waals surface area contributed by atoms with E-state index in [1.54, 1.807) is 24.5 Å². The zero-order valence-electron chi connectivity index (χ0n) is 10.7. The van der Waals surface area contributed by atoms with Crippen LogP contribution in [0.5, 0.6) is 0 Å². The maximum Gasteiger partial charge on any atom is 0.126 e. The summed E-state index contributed by atoms with van der Waals surface area (Å²) in [7, 11) is 0. The molecule has 0 aliphatic rings. The van der Waals surface area contributed by atoms with E-state index >= 15 is 0 Å². The van der Waals surface area contributed by atoms with Gasteiger partial charge in [0, 0.05) is 18.8 Å². The quantitative estimate of drug-likeness (QED) is 0.902. The molecule has 0 bridgehead atoms. The van der Waals surface area contributed by atoms with Crippen molar-refractivity contribution in [1.82, 2.24) is 4.98 Å². The Balaban J connectivity index is 0.000000771. The number of nitrogens with zero attached hydrogens (tertiary/aromatic N) is 1. The Morgan fingerprint density at radius 1 is 1.11 bits per heavy atom. The average Bonchev–Trinajstić information content (AvgIpc) is 2.44. The van der Waals surface area contributed by atoms with E-state index in [2.05, 4.69) is 4.98 Å². The Morgan fingerprint density at radius 2 is 1.78 bits per heavy atom. The highest BCUT2D eigenvalue weighted by Crippen LogP contribution is 2.13. The van der Waals surface area contributed by atoms with Gasteiger partial charge in [-0.15, -0.1) is 0 Å². The fourth-order valence-corrected chi connectivity index (χ4v) is 1.59. The van der Waals surface area contributed by atoms with E-state index < -0.39 is 0 Å². The maximum absolute atomic E-state index is 13.4. The molecule has 0 fully saturated rings. The second kappa shape index (κ2) is 7.56. The molecular weight excluding hydrogens is 229 g/mol. The van der Waals surface area contributed by atoms with Crippen LogP contribution in [0.15, 0.2) is 42.7 Å². The van der Waals surface area contributed by atoms with Gasteiger partial charge in [0.05, 0.1) is 6.61 Å². The van der Waals surface area contributed by atoms with Gasteiger partial charge in [0.1, 0.15) is 5.82 Å². The van der Waals surface area contributed by atoms with Crippen molar-refractivity contribution in [3.63, 3.8) is 0 Å². The topological polar surface area (TPSA) is 33.1 Å². The molecule has 0 saturated carbocycles. The van der Waals surface area contributed by atoms with Gasteiger partial charge in [0.15, 0.2) is 0 Å². The van der Waals surface area contributed by atoms with Gasteiger partial charge >= 0.3 is 0 Å². The molecule has 1 aromatic carbocycles. The van der Waals surface area contributed by atoms with Crippen molar-refractivity contribution in [2.24, 2.45) is 0 Å². The molecule has 0 saturated heterocycles. The first-order valence-electron chi connectivity index (χ1n) is 6.06. The first-order valence-corrected chi connectivity index (χ1v) is 6.06. The van der Waals surface area contributed by atoms with Crippen LogP contribution in [0.2, 0.25) is 0 Å². The van der Waals surface area contributed by atoms with Crippen LogP contribution in [-0.4, -0.2) is 10.1 Å². The van der Waals surface area contributed by atoms with Gasteiger partial charge in [-0.25, -0.2) is 4.39 Å². The Morgan fingerprint density at radius 3 is 2.44 bits per heavy atom. The largest absolute Gasteiger partial charge is 0.392 e. The van der Waals surface area contributed by atoms with Gasteiger partial charge in [-0.2, -0.15) is 0 Å². The molecule has 1 N–H and O–H groups in total. The summed E-state index contributed by atoms with van der Waals surface area (Å²) in [6.45, 7) is 3.96. The van der Waals surface area contributed by atoms with Crippen LogP contribution in [0.4, 0.5) is 4.39 Å². The van der Waals surface area contributed by atoms with Gasteiger partial charge in [0.2, 0.25) is 0 Å². The number of hydrogen-bond donors (Lipinski definition) is 1. The third-order valence-corrected chi connectivity index (χ3v) is 2.39. The Hall–Kier alpha value is -1.74. The van der Waals surface area contributed by atoms with Crippen LogP contribution in [0.3, 0.4) is 0 Å². The molecule has 96 valence electrons. The smallest absolute Gasteiger partial charge is 0.126 e.